The molecule has 0 saturated heterocycles. The Hall–Kier alpha value is -2.80. The minimum atomic E-state index is -0.297. The van der Waals surface area contributed by atoms with Crippen molar-refractivity contribution in [1.82, 2.24) is 10.2 Å². The van der Waals surface area contributed by atoms with E-state index >= 15 is 0 Å². The molecule has 0 radical (unpaired) electrons. The summed E-state index contributed by atoms with van der Waals surface area (Å²) in [5.74, 6) is 0.463. The molecular weight excluding hydrogens is 350 g/mol. The summed E-state index contributed by atoms with van der Waals surface area (Å²) in [4.78, 5) is 16.7. The molecule has 0 N–H and O–H groups in total. The van der Waals surface area contributed by atoms with Crippen molar-refractivity contribution < 1.29 is 13.9 Å². The number of rotatable bonds is 5. The number of para-hydroxylation sites is 2. The summed E-state index contributed by atoms with van der Waals surface area (Å²) >= 11 is 1.74. The first-order valence-corrected chi connectivity index (χ1v) is 9.10. The van der Waals surface area contributed by atoms with Crippen LogP contribution in [0.4, 0.5) is 11.4 Å². The Bertz CT molecular complexity index is 896. The van der Waals surface area contributed by atoms with Gasteiger partial charge in [0.2, 0.25) is 5.89 Å². The Kier molecular flexibility index (Phi) is 4.62. The number of ether oxygens (including phenoxy) is 1. The van der Waals surface area contributed by atoms with E-state index in [4.69, 9.17) is 9.15 Å². The van der Waals surface area contributed by atoms with E-state index in [1.807, 2.05) is 24.3 Å². The number of carbonyl (C=O) groups is 1. The van der Waals surface area contributed by atoms with Gasteiger partial charge in [-0.05, 0) is 24.3 Å². The van der Waals surface area contributed by atoms with Crippen molar-refractivity contribution >= 4 is 29.1 Å². The van der Waals surface area contributed by atoms with Crippen LogP contribution in [0.5, 0.6) is 0 Å². The molecule has 0 aliphatic carbocycles. The second-order valence-electron chi connectivity index (χ2n) is 5.81. The monoisotopic (exact) mass is 367 g/mol. The maximum absolute atomic E-state index is 12.1. The summed E-state index contributed by atoms with van der Waals surface area (Å²) in [5, 5.41) is 7.54. The number of benzene rings is 2. The highest BCUT2D eigenvalue weighted by atomic mass is 32.2. The molecule has 1 aliphatic rings. The number of esters is 1. The molecule has 0 atom stereocenters. The highest BCUT2D eigenvalue weighted by Crippen LogP contribution is 2.47. The highest BCUT2D eigenvalue weighted by Gasteiger charge is 2.23. The molecule has 1 aromatic heterocycles. The molecule has 0 bridgehead atoms. The Balaban J connectivity index is 1.45. The highest BCUT2D eigenvalue weighted by molar-refractivity contribution is 7.99. The van der Waals surface area contributed by atoms with Gasteiger partial charge in [-0.2, -0.15) is 0 Å². The van der Waals surface area contributed by atoms with Crippen LogP contribution in [-0.4, -0.2) is 22.7 Å². The van der Waals surface area contributed by atoms with E-state index in [-0.39, 0.29) is 19.0 Å². The van der Waals surface area contributed by atoms with Gasteiger partial charge in [-0.25, -0.2) is 0 Å². The third-order valence-electron chi connectivity index (χ3n) is 4.00. The van der Waals surface area contributed by atoms with Crippen LogP contribution in [0.3, 0.4) is 0 Å². The molecule has 132 valence electrons. The standard InChI is InChI=1S/C19H17N3O3S/c1-13-20-21-18(25-13)12-24-19(23)10-11-22-14-6-2-4-8-16(14)26-17-9-5-3-7-15(17)22/h2-9H,10-12H2,1H3. The molecule has 7 heteroatoms. The van der Waals surface area contributed by atoms with Crippen LogP contribution >= 0.6 is 11.8 Å². The van der Waals surface area contributed by atoms with Crippen molar-refractivity contribution in [2.45, 2.75) is 29.7 Å². The predicted molar refractivity (Wildman–Crippen MR) is 97.5 cm³/mol. The average Bonchev–Trinajstić information content (AvgIpc) is 3.08. The zero-order chi connectivity index (χ0) is 17.9. The van der Waals surface area contributed by atoms with Crippen LogP contribution in [0.2, 0.25) is 0 Å². The quantitative estimate of drug-likeness (QED) is 0.629. The van der Waals surface area contributed by atoms with E-state index in [9.17, 15) is 4.79 Å². The molecule has 6 nitrogen and oxygen atoms in total. The second-order valence-corrected chi connectivity index (χ2v) is 6.90. The van der Waals surface area contributed by atoms with Gasteiger partial charge in [0.25, 0.3) is 5.89 Å². The normalized spacial score (nSPS) is 12.4. The molecule has 0 fully saturated rings. The third-order valence-corrected chi connectivity index (χ3v) is 5.13. The first-order valence-electron chi connectivity index (χ1n) is 8.29. The molecule has 2 aromatic carbocycles. The summed E-state index contributed by atoms with van der Waals surface area (Å²) in [6, 6.07) is 16.4. The fourth-order valence-electron chi connectivity index (χ4n) is 2.84. The number of aryl methyl sites for hydroxylation is 1. The maximum atomic E-state index is 12.1. The van der Waals surface area contributed by atoms with Gasteiger partial charge < -0.3 is 14.1 Å². The Morgan fingerprint density at radius 3 is 2.35 bits per heavy atom. The Morgan fingerprint density at radius 1 is 1.08 bits per heavy atom. The summed E-state index contributed by atoms with van der Waals surface area (Å²) in [7, 11) is 0. The Morgan fingerprint density at radius 2 is 1.73 bits per heavy atom. The van der Waals surface area contributed by atoms with Crippen LogP contribution in [0.25, 0.3) is 0 Å². The van der Waals surface area contributed by atoms with E-state index in [0.717, 1.165) is 11.4 Å². The topological polar surface area (TPSA) is 68.5 Å². The maximum Gasteiger partial charge on any atom is 0.308 e. The zero-order valence-electron chi connectivity index (χ0n) is 14.2. The lowest BCUT2D eigenvalue weighted by Gasteiger charge is -2.32. The van der Waals surface area contributed by atoms with Gasteiger partial charge in [0.05, 0.1) is 17.8 Å². The fourth-order valence-corrected chi connectivity index (χ4v) is 3.93. The molecular formula is C19H17N3O3S. The van der Waals surface area contributed by atoms with E-state index < -0.39 is 0 Å². The Labute approximate surface area is 155 Å². The lowest BCUT2D eigenvalue weighted by molar-refractivity contribution is -0.145. The van der Waals surface area contributed by atoms with Crippen molar-refractivity contribution in [3.63, 3.8) is 0 Å². The molecule has 1 aliphatic heterocycles. The van der Waals surface area contributed by atoms with E-state index in [1.54, 1.807) is 18.7 Å². The lowest BCUT2D eigenvalue weighted by Crippen LogP contribution is -2.24. The van der Waals surface area contributed by atoms with Crippen molar-refractivity contribution in [3.05, 3.63) is 60.3 Å². The second kappa shape index (κ2) is 7.21. The number of fused-ring (bicyclic) bond motifs is 2. The summed E-state index contributed by atoms with van der Waals surface area (Å²) in [6.45, 7) is 2.24. The third kappa shape index (κ3) is 3.43. The molecule has 0 unspecified atom stereocenters. The summed E-state index contributed by atoms with van der Waals surface area (Å²) in [6.07, 6.45) is 0.264. The van der Waals surface area contributed by atoms with Crippen LogP contribution in [0.1, 0.15) is 18.2 Å². The van der Waals surface area contributed by atoms with Crippen molar-refractivity contribution in [3.8, 4) is 0 Å². The molecule has 2 heterocycles. The van der Waals surface area contributed by atoms with Crippen LogP contribution in [0.15, 0.2) is 62.7 Å². The fraction of sp³-hybridized carbons (Fsp3) is 0.211. The molecule has 4 rings (SSSR count). The number of anilines is 2. The van der Waals surface area contributed by atoms with Crippen LogP contribution < -0.4 is 4.90 Å². The molecule has 0 amide bonds. The summed E-state index contributed by atoms with van der Waals surface area (Å²) in [5.41, 5.74) is 2.22. The van der Waals surface area contributed by atoms with E-state index in [1.165, 1.54) is 9.79 Å². The minimum absolute atomic E-state index is 0.00268. The van der Waals surface area contributed by atoms with Gasteiger partial charge in [-0.1, -0.05) is 36.0 Å². The van der Waals surface area contributed by atoms with E-state index in [2.05, 4.69) is 39.4 Å². The minimum Gasteiger partial charge on any atom is -0.456 e. The molecule has 0 saturated carbocycles. The van der Waals surface area contributed by atoms with Crippen LogP contribution in [0, 0.1) is 6.92 Å². The predicted octanol–water partition coefficient (Wildman–Crippen LogP) is 4.11. The number of aromatic nitrogens is 2. The number of carbonyl (C=O) groups excluding carboxylic acids is 1. The largest absolute Gasteiger partial charge is 0.456 e. The van der Waals surface area contributed by atoms with Gasteiger partial charge in [-0.15, -0.1) is 10.2 Å². The van der Waals surface area contributed by atoms with E-state index in [0.29, 0.717) is 18.3 Å². The number of nitrogens with zero attached hydrogens (tertiary/aromatic N) is 3. The number of hydrogen-bond donors (Lipinski definition) is 0. The number of hydrogen-bond acceptors (Lipinski definition) is 7. The molecule has 0 spiro atoms. The van der Waals surface area contributed by atoms with Gasteiger partial charge in [-0.3, -0.25) is 4.79 Å². The van der Waals surface area contributed by atoms with Crippen molar-refractivity contribution in [2.24, 2.45) is 0 Å². The van der Waals surface area contributed by atoms with Crippen molar-refractivity contribution in [2.75, 3.05) is 11.4 Å². The lowest BCUT2D eigenvalue weighted by atomic mass is 10.2. The smallest absolute Gasteiger partial charge is 0.308 e. The van der Waals surface area contributed by atoms with Crippen molar-refractivity contribution in [1.29, 1.82) is 0 Å². The zero-order valence-corrected chi connectivity index (χ0v) is 15.0. The molecule has 26 heavy (non-hydrogen) atoms. The molecule has 3 aromatic rings. The van der Waals surface area contributed by atoms with Gasteiger partial charge in [0.15, 0.2) is 6.61 Å². The first kappa shape index (κ1) is 16.7. The first-order chi connectivity index (χ1) is 12.7. The average molecular weight is 367 g/mol. The summed E-state index contributed by atoms with van der Waals surface area (Å²) < 4.78 is 10.5. The van der Waals surface area contributed by atoms with Gasteiger partial charge >= 0.3 is 5.97 Å². The van der Waals surface area contributed by atoms with Crippen LogP contribution in [-0.2, 0) is 16.1 Å². The van der Waals surface area contributed by atoms with Gasteiger partial charge in [0.1, 0.15) is 0 Å². The SMILES string of the molecule is Cc1nnc(COC(=O)CCN2c3ccccc3Sc3ccccc32)o1. The van der Waals surface area contributed by atoms with Gasteiger partial charge in [0, 0.05) is 23.3 Å².